The lowest BCUT2D eigenvalue weighted by atomic mass is 10.1. The SMILES string of the molecule is CCCCCC(C)Nc1cc(C)c(F)cc1[N+](=O)[O-]. The smallest absolute Gasteiger partial charge is 0.295 e. The van der Waals surface area contributed by atoms with Gasteiger partial charge < -0.3 is 5.32 Å². The first-order valence-corrected chi connectivity index (χ1v) is 6.66. The first-order valence-electron chi connectivity index (χ1n) is 6.66. The van der Waals surface area contributed by atoms with Gasteiger partial charge in [0.05, 0.1) is 11.0 Å². The Morgan fingerprint density at radius 3 is 2.68 bits per heavy atom. The van der Waals surface area contributed by atoms with Gasteiger partial charge >= 0.3 is 0 Å². The number of anilines is 1. The summed E-state index contributed by atoms with van der Waals surface area (Å²) < 4.78 is 13.4. The van der Waals surface area contributed by atoms with Crippen LogP contribution in [0.1, 0.15) is 45.1 Å². The van der Waals surface area contributed by atoms with Crippen LogP contribution in [0.3, 0.4) is 0 Å². The van der Waals surface area contributed by atoms with E-state index in [9.17, 15) is 14.5 Å². The molecule has 1 N–H and O–H groups in total. The fourth-order valence-electron chi connectivity index (χ4n) is 1.98. The van der Waals surface area contributed by atoms with Crippen LogP contribution in [0.25, 0.3) is 0 Å². The second kappa shape index (κ2) is 7.07. The Kier molecular flexibility index (Phi) is 5.73. The summed E-state index contributed by atoms with van der Waals surface area (Å²) in [5.74, 6) is -0.545. The van der Waals surface area contributed by atoms with Crippen LogP contribution in [-0.2, 0) is 0 Å². The predicted octanol–water partition coefficient (Wildman–Crippen LogP) is 4.42. The van der Waals surface area contributed by atoms with E-state index >= 15 is 0 Å². The number of nitro groups is 1. The standard InChI is InChI=1S/C14H21FN2O2/c1-4-5-6-7-11(3)16-13-8-10(2)12(15)9-14(13)17(18)19/h8-9,11,16H,4-7H2,1-3H3. The molecule has 0 aliphatic heterocycles. The maximum absolute atomic E-state index is 13.4. The monoisotopic (exact) mass is 268 g/mol. The number of aryl methyl sites for hydroxylation is 1. The molecule has 0 fully saturated rings. The van der Waals surface area contributed by atoms with Gasteiger partial charge in [0.15, 0.2) is 0 Å². The summed E-state index contributed by atoms with van der Waals surface area (Å²) in [7, 11) is 0. The molecule has 0 saturated carbocycles. The van der Waals surface area contributed by atoms with Gasteiger partial charge in [-0.05, 0) is 31.9 Å². The van der Waals surface area contributed by atoms with E-state index in [1.165, 1.54) is 6.07 Å². The molecule has 0 heterocycles. The first kappa shape index (κ1) is 15.4. The maximum Gasteiger partial charge on any atom is 0.295 e. The van der Waals surface area contributed by atoms with Gasteiger partial charge in [-0.25, -0.2) is 4.39 Å². The van der Waals surface area contributed by atoms with E-state index in [4.69, 9.17) is 0 Å². The maximum atomic E-state index is 13.4. The molecule has 1 aromatic rings. The van der Waals surface area contributed by atoms with Crippen molar-refractivity contribution in [1.82, 2.24) is 0 Å². The van der Waals surface area contributed by atoms with Crippen LogP contribution in [0.4, 0.5) is 15.8 Å². The summed E-state index contributed by atoms with van der Waals surface area (Å²) in [6, 6.07) is 2.62. The minimum absolute atomic E-state index is 0.134. The Morgan fingerprint density at radius 1 is 1.42 bits per heavy atom. The molecule has 1 aromatic carbocycles. The average molecular weight is 268 g/mol. The van der Waals surface area contributed by atoms with Gasteiger partial charge in [-0.1, -0.05) is 26.2 Å². The van der Waals surface area contributed by atoms with Crippen molar-refractivity contribution in [2.75, 3.05) is 5.32 Å². The molecular weight excluding hydrogens is 247 g/mol. The topological polar surface area (TPSA) is 55.2 Å². The van der Waals surface area contributed by atoms with Gasteiger partial charge in [-0.3, -0.25) is 10.1 Å². The van der Waals surface area contributed by atoms with E-state index in [0.29, 0.717) is 11.3 Å². The predicted molar refractivity (Wildman–Crippen MR) is 75.0 cm³/mol. The van der Waals surface area contributed by atoms with E-state index in [0.717, 1.165) is 31.7 Å². The van der Waals surface area contributed by atoms with Gasteiger partial charge in [0.1, 0.15) is 11.5 Å². The number of hydrogen-bond donors (Lipinski definition) is 1. The molecule has 19 heavy (non-hydrogen) atoms. The number of benzene rings is 1. The highest BCUT2D eigenvalue weighted by molar-refractivity contribution is 5.63. The normalized spacial score (nSPS) is 12.2. The Bertz CT molecular complexity index is 449. The zero-order valence-corrected chi connectivity index (χ0v) is 11.7. The lowest BCUT2D eigenvalue weighted by molar-refractivity contribution is -0.384. The summed E-state index contributed by atoms with van der Waals surface area (Å²) in [5.41, 5.74) is 0.604. The molecule has 0 saturated heterocycles. The van der Waals surface area contributed by atoms with Crippen LogP contribution < -0.4 is 5.32 Å². The fraction of sp³-hybridized carbons (Fsp3) is 0.571. The average Bonchev–Trinajstić information content (AvgIpc) is 2.33. The first-order chi connectivity index (χ1) is 8.95. The number of hydrogen-bond acceptors (Lipinski definition) is 3. The van der Waals surface area contributed by atoms with Crippen molar-refractivity contribution in [2.45, 2.75) is 52.5 Å². The molecule has 0 aliphatic carbocycles. The van der Waals surface area contributed by atoms with E-state index in [1.54, 1.807) is 6.92 Å². The lowest BCUT2D eigenvalue weighted by Crippen LogP contribution is -2.16. The van der Waals surface area contributed by atoms with Crippen molar-refractivity contribution >= 4 is 11.4 Å². The summed E-state index contributed by atoms with van der Waals surface area (Å²) in [6.07, 6.45) is 4.32. The van der Waals surface area contributed by atoms with Crippen LogP contribution in [0.5, 0.6) is 0 Å². The Hall–Kier alpha value is -1.65. The van der Waals surface area contributed by atoms with Gasteiger partial charge in [-0.2, -0.15) is 0 Å². The third kappa shape index (κ3) is 4.50. The van der Waals surface area contributed by atoms with Crippen molar-refractivity contribution in [2.24, 2.45) is 0 Å². The van der Waals surface area contributed by atoms with Gasteiger partial charge in [0, 0.05) is 6.04 Å². The Labute approximate surface area is 113 Å². The van der Waals surface area contributed by atoms with Crippen LogP contribution in [0, 0.1) is 22.9 Å². The largest absolute Gasteiger partial charge is 0.377 e. The summed E-state index contributed by atoms with van der Waals surface area (Å²) >= 11 is 0. The molecule has 0 aromatic heterocycles. The lowest BCUT2D eigenvalue weighted by Gasteiger charge is -2.15. The fourth-order valence-corrected chi connectivity index (χ4v) is 1.98. The molecule has 0 aliphatic rings. The molecule has 5 heteroatoms. The minimum Gasteiger partial charge on any atom is -0.377 e. The summed E-state index contributed by atoms with van der Waals surface area (Å²) in [6.45, 7) is 5.72. The number of nitrogens with one attached hydrogen (secondary N) is 1. The Balaban J connectivity index is 2.81. The minimum atomic E-state index is -0.552. The van der Waals surface area contributed by atoms with Crippen molar-refractivity contribution in [3.63, 3.8) is 0 Å². The van der Waals surface area contributed by atoms with Crippen molar-refractivity contribution in [1.29, 1.82) is 0 Å². The molecule has 4 nitrogen and oxygen atoms in total. The van der Waals surface area contributed by atoms with Crippen molar-refractivity contribution in [3.05, 3.63) is 33.6 Å². The second-order valence-corrected chi connectivity index (χ2v) is 4.92. The third-order valence-corrected chi connectivity index (χ3v) is 3.12. The number of nitrogens with zero attached hydrogens (tertiary/aromatic N) is 1. The quantitative estimate of drug-likeness (QED) is 0.452. The number of nitro benzene ring substituents is 1. The van der Waals surface area contributed by atoms with Gasteiger partial charge in [0.25, 0.3) is 5.69 Å². The van der Waals surface area contributed by atoms with Crippen LogP contribution in [0.15, 0.2) is 12.1 Å². The van der Waals surface area contributed by atoms with Gasteiger partial charge in [0.2, 0.25) is 0 Å². The molecular formula is C14H21FN2O2. The summed E-state index contributed by atoms with van der Waals surface area (Å²) in [5, 5.41) is 14.0. The molecule has 0 radical (unpaired) electrons. The molecule has 0 amide bonds. The number of rotatable bonds is 7. The van der Waals surface area contributed by atoms with Crippen molar-refractivity contribution in [3.8, 4) is 0 Å². The number of unbranched alkanes of at least 4 members (excludes halogenated alkanes) is 2. The van der Waals surface area contributed by atoms with Gasteiger partial charge in [-0.15, -0.1) is 0 Å². The summed E-state index contributed by atoms with van der Waals surface area (Å²) in [4.78, 5) is 10.4. The number of halogens is 1. The highest BCUT2D eigenvalue weighted by Gasteiger charge is 2.18. The molecule has 1 atom stereocenters. The molecule has 1 rings (SSSR count). The third-order valence-electron chi connectivity index (χ3n) is 3.12. The highest BCUT2D eigenvalue weighted by atomic mass is 19.1. The van der Waals surface area contributed by atoms with E-state index in [-0.39, 0.29) is 11.7 Å². The Morgan fingerprint density at radius 2 is 2.11 bits per heavy atom. The zero-order valence-electron chi connectivity index (χ0n) is 11.7. The molecule has 1 unspecified atom stereocenters. The van der Waals surface area contributed by atoms with E-state index in [2.05, 4.69) is 12.2 Å². The van der Waals surface area contributed by atoms with Crippen LogP contribution in [0.2, 0.25) is 0 Å². The highest BCUT2D eigenvalue weighted by Crippen LogP contribution is 2.28. The molecule has 0 spiro atoms. The molecule has 0 bridgehead atoms. The second-order valence-electron chi connectivity index (χ2n) is 4.92. The van der Waals surface area contributed by atoms with Crippen molar-refractivity contribution < 1.29 is 9.31 Å². The van der Waals surface area contributed by atoms with E-state index < -0.39 is 10.7 Å². The molecule has 106 valence electrons. The zero-order chi connectivity index (χ0) is 14.4. The van der Waals surface area contributed by atoms with Crippen LogP contribution >= 0.6 is 0 Å². The van der Waals surface area contributed by atoms with E-state index in [1.807, 2.05) is 6.92 Å². The van der Waals surface area contributed by atoms with Crippen LogP contribution in [-0.4, -0.2) is 11.0 Å².